The van der Waals surface area contributed by atoms with Crippen molar-refractivity contribution in [1.82, 2.24) is 14.8 Å². The zero-order valence-corrected chi connectivity index (χ0v) is 13.7. The molecule has 11 heteroatoms. The number of carbonyl (C=O) groups is 2. The van der Waals surface area contributed by atoms with Crippen LogP contribution in [-0.4, -0.2) is 42.5 Å². The fourth-order valence-electron chi connectivity index (χ4n) is 1.84. The van der Waals surface area contributed by atoms with E-state index in [-0.39, 0.29) is 22.3 Å². The van der Waals surface area contributed by atoms with Crippen molar-refractivity contribution in [3.8, 4) is 5.69 Å². The zero-order valence-electron chi connectivity index (χ0n) is 12.0. The van der Waals surface area contributed by atoms with Gasteiger partial charge in [0.2, 0.25) is 14.7 Å². The van der Waals surface area contributed by atoms with E-state index in [2.05, 4.69) is 31.4 Å². The molecule has 0 saturated carbocycles. The predicted octanol–water partition coefficient (Wildman–Crippen LogP) is 0.591. The van der Waals surface area contributed by atoms with E-state index in [0.29, 0.717) is 5.69 Å². The molecule has 2 N–H and O–H groups in total. The summed E-state index contributed by atoms with van der Waals surface area (Å²) in [4.78, 5) is 23.0. The van der Waals surface area contributed by atoms with E-state index in [4.69, 9.17) is 0 Å². The maximum absolute atomic E-state index is 11.8. The van der Waals surface area contributed by atoms with Crippen LogP contribution in [0.15, 0.2) is 29.7 Å². The summed E-state index contributed by atoms with van der Waals surface area (Å²) in [6, 6.07) is 4.27. The summed E-state index contributed by atoms with van der Waals surface area (Å²) in [5.74, 6) is -0.993. The van der Waals surface area contributed by atoms with E-state index >= 15 is 0 Å². The molecule has 2 rings (SSSR count). The van der Waals surface area contributed by atoms with Gasteiger partial charge in [-0.15, -0.1) is 10.2 Å². The van der Waals surface area contributed by atoms with Crippen LogP contribution in [0.1, 0.15) is 17.3 Å². The van der Waals surface area contributed by atoms with Gasteiger partial charge in [0.1, 0.15) is 6.33 Å². The number of methoxy groups -OCH3 is 1. The summed E-state index contributed by atoms with van der Waals surface area (Å²) < 4.78 is 27.0. The molecule has 122 valence electrons. The molecule has 1 amide bonds. The quantitative estimate of drug-likeness (QED) is 0.763. The van der Waals surface area contributed by atoms with Crippen LogP contribution in [0.3, 0.4) is 0 Å². The first-order chi connectivity index (χ1) is 10.7. The van der Waals surface area contributed by atoms with Crippen LogP contribution in [0.4, 0.5) is 5.69 Å². The van der Waals surface area contributed by atoms with Gasteiger partial charge in [-0.05, 0) is 18.2 Å². The van der Waals surface area contributed by atoms with Crippen molar-refractivity contribution >= 4 is 37.5 Å². The Balaban J connectivity index is 2.64. The Labute approximate surface area is 136 Å². The molecule has 1 aromatic carbocycles. The molecular formula is C12H12N4O5S2. The highest BCUT2D eigenvalue weighted by molar-refractivity contribution is 8.29. The van der Waals surface area contributed by atoms with Crippen LogP contribution in [0.25, 0.3) is 5.69 Å². The number of ether oxygens (including phenoxy) is 1. The molecule has 1 unspecified atom stereocenters. The molecule has 0 saturated heterocycles. The second kappa shape index (κ2) is 6.40. The van der Waals surface area contributed by atoms with E-state index in [1.54, 1.807) is 0 Å². The Kier molecular flexibility index (Phi) is 4.73. The first-order valence-electron chi connectivity index (χ1n) is 6.11. The molecule has 1 heterocycles. The number of esters is 1. The Morgan fingerprint density at radius 2 is 2.09 bits per heavy atom. The number of hydrogen-bond acceptors (Lipinski definition) is 7. The minimum atomic E-state index is -3.79. The number of benzene rings is 1. The number of nitrogens with one attached hydrogen (secondary N) is 1. The Bertz CT molecular complexity index is 875. The molecule has 2 aromatic rings. The van der Waals surface area contributed by atoms with Gasteiger partial charge in [0.05, 0.1) is 18.4 Å². The molecule has 0 fully saturated rings. The van der Waals surface area contributed by atoms with E-state index in [1.807, 2.05) is 0 Å². The fourth-order valence-corrected chi connectivity index (χ4v) is 2.73. The molecule has 0 radical (unpaired) electrons. The van der Waals surface area contributed by atoms with Crippen molar-refractivity contribution in [2.24, 2.45) is 0 Å². The van der Waals surface area contributed by atoms with Crippen molar-refractivity contribution in [2.75, 3.05) is 12.4 Å². The third-order valence-electron chi connectivity index (χ3n) is 2.68. The lowest BCUT2D eigenvalue weighted by atomic mass is 10.1. The summed E-state index contributed by atoms with van der Waals surface area (Å²) in [6.45, 7) is 1.30. The van der Waals surface area contributed by atoms with Gasteiger partial charge in [-0.2, -0.15) is 0 Å². The van der Waals surface area contributed by atoms with Crippen molar-refractivity contribution in [1.29, 1.82) is 0 Å². The van der Waals surface area contributed by atoms with E-state index in [0.717, 1.165) is 4.57 Å². The van der Waals surface area contributed by atoms with Gasteiger partial charge in [0, 0.05) is 23.8 Å². The smallest absolute Gasteiger partial charge is 0.337 e. The van der Waals surface area contributed by atoms with Crippen LogP contribution in [0, 0.1) is 0 Å². The molecule has 0 bridgehead atoms. The van der Waals surface area contributed by atoms with E-state index in [1.165, 1.54) is 38.6 Å². The van der Waals surface area contributed by atoms with Crippen molar-refractivity contribution in [2.45, 2.75) is 12.1 Å². The molecule has 0 aliphatic carbocycles. The molecule has 23 heavy (non-hydrogen) atoms. The van der Waals surface area contributed by atoms with Gasteiger partial charge in [-0.3, -0.25) is 13.9 Å². The molecule has 1 atom stereocenters. The molecule has 0 aliphatic rings. The lowest BCUT2D eigenvalue weighted by molar-refractivity contribution is -0.114. The fraction of sp³-hybridized carbons (Fsp3) is 0.167. The molecule has 0 aliphatic heterocycles. The average molecular weight is 356 g/mol. The molecule has 0 spiro atoms. The maximum Gasteiger partial charge on any atom is 0.337 e. The number of rotatable bonds is 4. The van der Waals surface area contributed by atoms with Crippen molar-refractivity contribution in [3.63, 3.8) is 0 Å². The summed E-state index contributed by atoms with van der Waals surface area (Å²) in [5, 5.41) is 9.25. The van der Waals surface area contributed by atoms with Gasteiger partial charge >= 0.3 is 5.97 Å². The molecular weight excluding hydrogens is 344 g/mol. The average Bonchev–Trinajstić information content (AvgIpc) is 2.94. The van der Waals surface area contributed by atoms with Gasteiger partial charge in [-0.25, -0.2) is 9.00 Å². The molecule has 1 aromatic heterocycles. The third-order valence-corrected chi connectivity index (χ3v) is 3.87. The highest BCUT2D eigenvalue weighted by Crippen LogP contribution is 2.21. The first-order valence-corrected chi connectivity index (χ1v) is 8.55. The van der Waals surface area contributed by atoms with Crippen LogP contribution in [0.5, 0.6) is 0 Å². The lowest BCUT2D eigenvalue weighted by Gasteiger charge is -2.11. The van der Waals surface area contributed by atoms with E-state index < -0.39 is 14.7 Å². The summed E-state index contributed by atoms with van der Waals surface area (Å²) in [5.41, 5.74) is 0.689. The largest absolute Gasteiger partial charge is 0.465 e. The highest BCUT2D eigenvalue weighted by atomic mass is 32.8. The second-order valence-electron chi connectivity index (χ2n) is 4.40. The lowest BCUT2D eigenvalue weighted by Crippen LogP contribution is -2.11. The standard InChI is InChI=1S/C12H12N4O5S2/c1-7(17)14-9-3-8(11(18)21-2)4-10(5-9)16-6-13-15-12(16)23(19,20)22/h3-6H,1-2H3,(H,14,17)(H,19,20,22). The number of amides is 1. The summed E-state index contributed by atoms with van der Waals surface area (Å²) in [7, 11) is -2.58. The molecule has 9 nitrogen and oxygen atoms in total. The Hall–Kier alpha value is -2.37. The number of hydrogen-bond donors (Lipinski definition) is 2. The minimum absolute atomic E-state index is 0.127. The minimum Gasteiger partial charge on any atom is -0.465 e. The van der Waals surface area contributed by atoms with Crippen molar-refractivity contribution in [3.05, 3.63) is 30.1 Å². The van der Waals surface area contributed by atoms with Crippen LogP contribution >= 0.6 is 0 Å². The van der Waals surface area contributed by atoms with E-state index in [9.17, 15) is 18.4 Å². The second-order valence-corrected chi connectivity index (χ2v) is 7.07. The number of carbonyl (C=O) groups excluding carboxylic acids is 2. The predicted molar refractivity (Wildman–Crippen MR) is 83.4 cm³/mol. The monoisotopic (exact) mass is 356 g/mol. The first kappa shape index (κ1) is 17.0. The van der Waals surface area contributed by atoms with Crippen molar-refractivity contribution < 1.29 is 23.1 Å². The number of anilines is 1. The van der Waals surface area contributed by atoms with Gasteiger partial charge in [0.25, 0.3) is 5.16 Å². The van der Waals surface area contributed by atoms with Gasteiger partial charge < -0.3 is 10.1 Å². The number of aromatic nitrogens is 3. The Morgan fingerprint density at radius 3 is 2.65 bits per heavy atom. The zero-order chi connectivity index (χ0) is 17.2. The van der Waals surface area contributed by atoms with Crippen LogP contribution in [0.2, 0.25) is 0 Å². The summed E-state index contributed by atoms with van der Waals surface area (Å²) in [6.07, 6.45) is 1.17. The van der Waals surface area contributed by atoms with Crippen LogP contribution < -0.4 is 5.32 Å². The maximum atomic E-state index is 11.8. The third kappa shape index (κ3) is 3.88. The highest BCUT2D eigenvalue weighted by Gasteiger charge is 2.18. The normalized spacial score (nSPS) is 13.2. The SMILES string of the molecule is COC(=O)c1cc(NC(C)=O)cc(-n2cnnc2S(=O)(O)=S)c1. The summed E-state index contributed by atoms with van der Waals surface area (Å²) >= 11 is 4.50. The van der Waals surface area contributed by atoms with Gasteiger partial charge in [0.15, 0.2) is 0 Å². The van der Waals surface area contributed by atoms with Gasteiger partial charge in [-0.1, -0.05) is 0 Å². The topological polar surface area (TPSA) is 123 Å². The Morgan fingerprint density at radius 1 is 1.39 bits per heavy atom. The van der Waals surface area contributed by atoms with Crippen LogP contribution in [-0.2, 0) is 29.5 Å². The number of nitrogens with zero attached hydrogens (tertiary/aromatic N) is 3.